The Labute approximate surface area is 177 Å². The molecule has 3 heterocycles. The third kappa shape index (κ3) is 4.01. The molecule has 29 heavy (non-hydrogen) atoms. The lowest BCUT2D eigenvalue weighted by Gasteiger charge is -2.18. The Bertz CT molecular complexity index is 1160. The molecule has 1 aliphatic rings. The smallest absolute Gasteiger partial charge is 0.261 e. The lowest BCUT2D eigenvalue weighted by atomic mass is 10.2. The van der Waals surface area contributed by atoms with Crippen molar-refractivity contribution in [3.63, 3.8) is 0 Å². The lowest BCUT2D eigenvalue weighted by molar-refractivity contribution is -0.117. The van der Waals surface area contributed by atoms with Gasteiger partial charge >= 0.3 is 0 Å². The van der Waals surface area contributed by atoms with Gasteiger partial charge in [-0.15, -0.1) is 11.3 Å². The second-order valence-corrected chi connectivity index (χ2v) is 8.99. The highest BCUT2D eigenvalue weighted by Crippen LogP contribution is 2.27. The topological polar surface area (TPSA) is 71.4 Å². The van der Waals surface area contributed by atoms with E-state index in [1.54, 1.807) is 36.5 Å². The molecule has 9 heteroatoms. The number of thiophene rings is 1. The van der Waals surface area contributed by atoms with Crippen LogP contribution in [0.15, 0.2) is 63.3 Å². The summed E-state index contributed by atoms with van der Waals surface area (Å²) >= 11 is 4.61. The van der Waals surface area contributed by atoms with Crippen molar-refractivity contribution in [2.45, 2.75) is 12.5 Å². The summed E-state index contributed by atoms with van der Waals surface area (Å²) in [5.41, 5.74) is 0.217. The zero-order valence-electron chi connectivity index (χ0n) is 15.0. The van der Waals surface area contributed by atoms with E-state index in [1.807, 2.05) is 0 Å². The third-order valence-electron chi connectivity index (χ3n) is 4.58. The molecule has 148 valence electrons. The highest BCUT2D eigenvalue weighted by atomic mass is 79.9. The van der Waals surface area contributed by atoms with Gasteiger partial charge in [-0.2, -0.15) is 0 Å². The van der Waals surface area contributed by atoms with Gasteiger partial charge in [0, 0.05) is 31.3 Å². The summed E-state index contributed by atoms with van der Waals surface area (Å²) in [6.45, 7) is 0.179. The molecule has 1 aromatic carbocycles. The van der Waals surface area contributed by atoms with E-state index in [-0.39, 0.29) is 36.0 Å². The molecule has 1 atom stereocenters. The Morgan fingerprint density at radius 3 is 2.69 bits per heavy atom. The fraction of sp³-hybridized carbons (Fsp3) is 0.150. The van der Waals surface area contributed by atoms with Crippen LogP contribution < -0.4 is 15.8 Å². The summed E-state index contributed by atoms with van der Waals surface area (Å²) in [4.78, 5) is 38.5. The van der Waals surface area contributed by atoms with Gasteiger partial charge in [0.2, 0.25) is 5.91 Å². The maximum atomic E-state index is 14.7. The zero-order valence-corrected chi connectivity index (χ0v) is 17.4. The van der Waals surface area contributed by atoms with Gasteiger partial charge < -0.3 is 10.2 Å². The van der Waals surface area contributed by atoms with Crippen molar-refractivity contribution in [1.29, 1.82) is 0 Å². The number of nitrogens with zero attached hydrogens (tertiary/aromatic N) is 2. The quantitative estimate of drug-likeness (QED) is 0.628. The van der Waals surface area contributed by atoms with Gasteiger partial charge in [-0.25, -0.2) is 4.39 Å². The molecule has 2 aromatic heterocycles. The average molecular weight is 476 g/mol. The zero-order chi connectivity index (χ0) is 20.5. The highest BCUT2D eigenvalue weighted by Gasteiger charge is 2.33. The van der Waals surface area contributed by atoms with Crippen LogP contribution in [0, 0.1) is 5.82 Å². The molecule has 2 amide bonds. The van der Waals surface area contributed by atoms with E-state index in [1.165, 1.54) is 39.0 Å². The van der Waals surface area contributed by atoms with Crippen LogP contribution in [-0.4, -0.2) is 29.0 Å². The minimum absolute atomic E-state index is 0.0949. The molecule has 0 spiro atoms. The van der Waals surface area contributed by atoms with Crippen LogP contribution in [0.2, 0.25) is 0 Å². The molecular weight excluding hydrogens is 461 g/mol. The Hall–Kier alpha value is -2.78. The van der Waals surface area contributed by atoms with Crippen molar-refractivity contribution in [2.75, 3.05) is 11.4 Å². The molecule has 0 bridgehead atoms. The van der Waals surface area contributed by atoms with Gasteiger partial charge in [0.15, 0.2) is 0 Å². The molecular formula is C20H15BrFN3O3S. The molecule has 4 rings (SSSR count). The fourth-order valence-corrected chi connectivity index (χ4v) is 4.52. The Balaban J connectivity index is 1.51. The number of hydrogen-bond donors (Lipinski definition) is 1. The number of rotatable bonds is 4. The van der Waals surface area contributed by atoms with Gasteiger partial charge in [-0.3, -0.25) is 19.0 Å². The van der Waals surface area contributed by atoms with E-state index in [9.17, 15) is 18.8 Å². The minimum atomic E-state index is -0.610. The van der Waals surface area contributed by atoms with Crippen molar-refractivity contribution in [1.82, 2.24) is 9.88 Å². The molecule has 6 nitrogen and oxygen atoms in total. The molecule has 1 fully saturated rings. The summed E-state index contributed by atoms with van der Waals surface area (Å²) in [5, 5.41) is 2.82. The number of anilines is 1. The first-order valence-corrected chi connectivity index (χ1v) is 10.4. The standard InChI is InChI=1S/C20H15BrFN3O3S/c21-17-7-6-16(29-17)20(28)23-12-9-19(27)25(11-12)15-5-4-13(10-14(15)22)24-8-2-1-3-18(24)26/h1-8,10,12H,9,11H2,(H,23,28). The van der Waals surface area contributed by atoms with Crippen LogP contribution >= 0.6 is 27.3 Å². The summed E-state index contributed by atoms with van der Waals surface area (Å²) in [5.74, 6) is -1.15. The molecule has 1 saturated heterocycles. The number of carbonyl (C=O) groups excluding carboxylic acids is 2. The predicted octanol–water partition coefficient (Wildman–Crippen LogP) is 3.34. The molecule has 3 aromatic rings. The normalized spacial score (nSPS) is 16.3. The number of pyridine rings is 1. The Kier molecular flexibility index (Phi) is 5.33. The van der Waals surface area contributed by atoms with E-state index < -0.39 is 11.9 Å². The van der Waals surface area contributed by atoms with Crippen LogP contribution in [0.1, 0.15) is 16.1 Å². The number of nitrogens with one attached hydrogen (secondary N) is 1. The Morgan fingerprint density at radius 1 is 1.17 bits per heavy atom. The van der Waals surface area contributed by atoms with Gasteiger partial charge in [0.25, 0.3) is 11.5 Å². The summed E-state index contributed by atoms with van der Waals surface area (Å²) in [7, 11) is 0. The first kappa shape index (κ1) is 19.5. The van der Waals surface area contributed by atoms with Crippen LogP contribution in [-0.2, 0) is 4.79 Å². The molecule has 0 saturated carbocycles. The van der Waals surface area contributed by atoms with E-state index in [2.05, 4.69) is 21.2 Å². The van der Waals surface area contributed by atoms with Crippen LogP contribution in [0.5, 0.6) is 0 Å². The van der Waals surface area contributed by atoms with Crippen molar-refractivity contribution in [3.8, 4) is 5.69 Å². The van der Waals surface area contributed by atoms with E-state index in [0.717, 1.165) is 3.79 Å². The minimum Gasteiger partial charge on any atom is -0.346 e. The maximum Gasteiger partial charge on any atom is 0.261 e. The fourth-order valence-electron chi connectivity index (χ4n) is 3.24. The average Bonchev–Trinajstić information content (AvgIpc) is 3.28. The van der Waals surface area contributed by atoms with E-state index in [0.29, 0.717) is 10.6 Å². The van der Waals surface area contributed by atoms with E-state index in [4.69, 9.17) is 0 Å². The SMILES string of the molecule is O=C(NC1CC(=O)N(c2ccc(-n3ccccc3=O)cc2F)C1)c1ccc(Br)s1. The molecule has 0 aliphatic carbocycles. The second-order valence-electron chi connectivity index (χ2n) is 6.53. The van der Waals surface area contributed by atoms with Gasteiger partial charge in [-0.1, -0.05) is 6.07 Å². The van der Waals surface area contributed by atoms with Crippen LogP contribution in [0.3, 0.4) is 0 Å². The summed E-state index contributed by atoms with van der Waals surface area (Å²) in [6, 6.07) is 12.0. The number of amides is 2. The molecule has 1 N–H and O–H groups in total. The van der Waals surface area contributed by atoms with E-state index >= 15 is 0 Å². The van der Waals surface area contributed by atoms with Crippen LogP contribution in [0.25, 0.3) is 5.69 Å². The third-order valence-corrected chi connectivity index (χ3v) is 6.20. The molecule has 0 radical (unpaired) electrons. The molecule has 1 unspecified atom stereocenters. The van der Waals surface area contributed by atoms with Crippen molar-refractivity contribution in [3.05, 3.63) is 79.6 Å². The first-order chi connectivity index (χ1) is 13.9. The largest absolute Gasteiger partial charge is 0.346 e. The predicted molar refractivity (Wildman–Crippen MR) is 112 cm³/mol. The number of halogens is 2. The van der Waals surface area contributed by atoms with Gasteiger partial charge in [0.05, 0.1) is 26.1 Å². The highest BCUT2D eigenvalue weighted by molar-refractivity contribution is 9.11. The number of benzene rings is 1. The van der Waals surface area contributed by atoms with Gasteiger partial charge in [0.1, 0.15) is 5.82 Å². The van der Waals surface area contributed by atoms with Gasteiger partial charge in [-0.05, 0) is 46.3 Å². The van der Waals surface area contributed by atoms with Crippen molar-refractivity contribution >= 4 is 44.8 Å². The number of hydrogen-bond acceptors (Lipinski definition) is 4. The number of aromatic nitrogens is 1. The number of carbonyl (C=O) groups is 2. The second kappa shape index (κ2) is 7.92. The maximum absolute atomic E-state index is 14.7. The lowest BCUT2D eigenvalue weighted by Crippen LogP contribution is -2.37. The monoisotopic (exact) mass is 475 g/mol. The Morgan fingerprint density at radius 2 is 2.00 bits per heavy atom. The van der Waals surface area contributed by atoms with Crippen molar-refractivity contribution < 1.29 is 14.0 Å². The first-order valence-electron chi connectivity index (χ1n) is 8.76. The van der Waals surface area contributed by atoms with Crippen molar-refractivity contribution in [2.24, 2.45) is 0 Å². The van der Waals surface area contributed by atoms with Crippen LogP contribution in [0.4, 0.5) is 10.1 Å². The molecule has 1 aliphatic heterocycles. The summed E-state index contributed by atoms with van der Waals surface area (Å²) < 4.78 is 16.9. The summed E-state index contributed by atoms with van der Waals surface area (Å²) in [6.07, 6.45) is 1.64.